The molecule has 1 aromatic carbocycles. The van der Waals surface area contributed by atoms with Gasteiger partial charge in [-0.2, -0.15) is 0 Å². The predicted octanol–water partition coefficient (Wildman–Crippen LogP) is 9.20. The molecule has 0 saturated heterocycles. The lowest BCUT2D eigenvalue weighted by Crippen LogP contribution is -2.67. The second-order valence-electron chi connectivity index (χ2n) is 17.8. The average Bonchev–Trinajstić information content (AvgIpc) is 3.37. The Morgan fingerprint density at radius 3 is 2.40 bits per heavy atom. The van der Waals surface area contributed by atoms with Gasteiger partial charge in [0.15, 0.2) is 0 Å². The minimum atomic E-state index is -0.262. The molecule has 0 bridgehead atoms. The lowest BCUT2D eigenvalue weighted by Gasteiger charge is -2.72. The summed E-state index contributed by atoms with van der Waals surface area (Å²) in [5.74, 6) is 3.05. The number of allylic oxidation sites excluding steroid dienone is 1. The molecule has 43 heavy (non-hydrogen) atoms. The SMILES string of the molecule is C=C(C)[C@@H]1CC[C@]2(C(=O)NC3CCCc4ccccc43)CC[C@]3(C)[C@H](CC[C@@H]4[C@@]5(C)CC[C@H](O)C(C)(C)[C@@H]5CC[C@]43C)[C@@H]12. The van der Waals surface area contributed by atoms with Gasteiger partial charge in [-0.25, -0.2) is 0 Å². The van der Waals surface area contributed by atoms with Crippen molar-refractivity contribution >= 4 is 5.91 Å². The molecule has 3 nitrogen and oxygen atoms in total. The van der Waals surface area contributed by atoms with Gasteiger partial charge in [-0.15, -0.1) is 0 Å². The topological polar surface area (TPSA) is 49.3 Å². The van der Waals surface area contributed by atoms with Crippen LogP contribution < -0.4 is 5.32 Å². The molecule has 5 saturated carbocycles. The molecule has 1 unspecified atom stereocenters. The van der Waals surface area contributed by atoms with Crippen LogP contribution >= 0.6 is 0 Å². The third-order valence-electron chi connectivity index (χ3n) is 16.2. The zero-order valence-electron chi connectivity index (χ0n) is 28.1. The van der Waals surface area contributed by atoms with Gasteiger partial charge in [0.05, 0.1) is 17.6 Å². The quantitative estimate of drug-likeness (QED) is 0.348. The largest absolute Gasteiger partial charge is 0.393 e. The Morgan fingerprint density at radius 2 is 1.63 bits per heavy atom. The van der Waals surface area contributed by atoms with Crippen molar-refractivity contribution in [3.05, 3.63) is 47.5 Å². The molecule has 7 rings (SSSR count). The van der Waals surface area contributed by atoms with Gasteiger partial charge >= 0.3 is 0 Å². The van der Waals surface area contributed by atoms with Gasteiger partial charge in [0.2, 0.25) is 5.91 Å². The van der Waals surface area contributed by atoms with E-state index in [9.17, 15) is 9.90 Å². The number of aliphatic hydroxyl groups excluding tert-OH is 1. The summed E-state index contributed by atoms with van der Waals surface area (Å²) < 4.78 is 0. The standard InChI is InChI=1S/C40H59NO2/c1-25(2)27-17-22-40(35(43)41-30-14-10-12-26-11-8-9-13-28(26)30)24-23-38(6)29(34(27)40)15-16-32-37(5)20-19-33(42)36(3,4)31(37)18-21-39(32,38)7/h8-9,11,13,27,29-34,42H,1,10,12,14-24H2,2-7H3,(H,41,43)/t27-,29+,30?,31-,32+,33-,34+,37-,38+,39+,40-/m0/s1. The van der Waals surface area contributed by atoms with Gasteiger partial charge in [0.25, 0.3) is 0 Å². The molecule has 0 aliphatic heterocycles. The maximum atomic E-state index is 14.8. The number of amides is 1. The summed E-state index contributed by atoms with van der Waals surface area (Å²) in [7, 11) is 0. The highest BCUT2D eigenvalue weighted by Crippen LogP contribution is 2.77. The highest BCUT2D eigenvalue weighted by molar-refractivity contribution is 5.84. The molecule has 3 heteroatoms. The minimum Gasteiger partial charge on any atom is -0.393 e. The van der Waals surface area contributed by atoms with Crippen molar-refractivity contribution in [1.82, 2.24) is 5.32 Å². The Labute approximate surface area is 262 Å². The van der Waals surface area contributed by atoms with Crippen LogP contribution in [0.25, 0.3) is 0 Å². The lowest BCUT2D eigenvalue weighted by atomic mass is 9.32. The first kappa shape index (κ1) is 30.1. The number of hydrogen-bond acceptors (Lipinski definition) is 2. The first-order valence-corrected chi connectivity index (χ1v) is 18.0. The van der Waals surface area contributed by atoms with Crippen molar-refractivity contribution in [1.29, 1.82) is 0 Å². The van der Waals surface area contributed by atoms with Crippen molar-refractivity contribution in [2.45, 2.75) is 137 Å². The third-order valence-corrected chi connectivity index (χ3v) is 16.2. The Hall–Kier alpha value is -1.61. The van der Waals surface area contributed by atoms with Crippen LogP contribution in [-0.2, 0) is 11.2 Å². The number of benzene rings is 1. The maximum absolute atomic E-state index is 14.8. The van der Waals surface area contributed by atoms with Crippen LogP contribution in [0.2, 0.25) is 0 Å². The van der Waals surface area contributed by atoms with Crippen LogP contribution in [0.1, 0.15) is 136 Å². The molecule has 0 heterocycles. The summed E-state index contributed by atoms with van der Waals surface area (Å²) in [4.78, 5) is 14.8. The molecule has 0 aromatic heterocycles. The van der Waals surface area contributed by atoms with E-state index in [0.717, 1.165) is 51.4 Å². The summed E-state index contributed by atoms with van der Waals surface area (Å²) in [6.07, 6.45) is 14.6. The number of aliphatic hydroxyl groups is 1. The Bertz CT molecular complexity index is 1300. The van der Waals surface area contributed by atoms with E-state index in [0.29, 0.717) is 35.5 Å². The molecule has 5 fully saturated rings. The first-order chi connectivity index (χ1) is 20.3. The fraction of sp³-hybridized carbons (Fsp3) is 0.775. The van der Waals surface area contributed by atoms with E-state index in [1.54, 1.807) is 0 Å². The molecule has 1 aromatic rings. The Balaban J connectivity index is 1.23. The molecule has 2 N–H and O–H groups in total. The maximum Gasteiger partial charge on any atom is 0.227 e. The molecule has 11 atom stereocenters. The number of nitrogens with one attached hydrogen (secondary N) is 1. The summed E-state index contributed by atoms with van der Waals surface area (Å²) in [6, 6.07) is 8.96. The van der Waals surface area contributed by atoms with Crippen LogP contribution in [0, 0.1) is 56.7 Å². The molecule has 0 spiro atoms. The van der Waals surface area contributed by atoms with E-state index in [4.69, 9.17) is 0 Å². The normalized spacial score (nSPS) is 48.1. The van der Waals surface area contributed by atoms with Crippen LogP contribution in [0.4, 0.5) is 0 Å². The highest BCUT2D eigenvalue weighted by Gasteiger charge is 2.71. The fourth-order valence-corrected chi connectivity index (χ4v) is 13.7. The van der Waals surface area contributed by atoms with Crippen LogP contribution in [0.15, 0.2) is 36.4 Å². The van der Waals surface area contributed by atoms with Crippen molar-refractivity contribution < 1.29 is 9.90 Å². The predicted molar refractivity (Wildman–Crippen MR) is 175 cm³/mol. The van der Waals surface area contributed by atoms with Gasteiger partial charge < -0.3 is 10.4 Å². The van der Waals surface area contributed by atoms with Crippen LogP contribution in [-0.4, -0.2) is 17.1 Å². The molecule has 236 valence electrons. The van der Waals surface area contributed by atoms with Crippen molar-refractivity contribution in [3.8, 4) is 0 Å². The second-order valence-corrected chi connectivity index (χ2v) is 17.8. The third kappa shape index (κ3) is 3.97. The average molecular weight is 586 g/mol. The molecule has 6 aliphatic rings. The molecule has 1 amide bonds. The Morgan fingerprint density at radius 1 is 0.860 bits per heavy atom. The van der Waals surface area contributed by atoms with Crippen molar-refractivity contribution in [2.75, 3.05) is 0 Å². The fourth-order valence-electron chi connectivity index (χ4n) is 13.7. The van der Waals surface area contributed by atoms with E-state index in [1.165, 1.54) is 48.8 Å². The smallest absolute Gasteiger partial charge is 0.227 e. The lowest BCUT2D eigenvalue weighted by molar-refractivity contribution is -0.246. The number of fused-ring (bicyclic) bond motifs is 8. The summed E-state index contributed by atoms with van der Waals surface area (Å²) in [5, 5.41) is 14.8. The molecular formula is C40H59NO2. The monoisotopic (exact) mass is 585 g/mol. The number of hydrogen-bond donors (Lipinski definition) is 2. The number of aryl methyl sites for hydroxylation is 1. The Kier molecular flexibility index (Phi) is 6.95. The zero-order valence-corrected chi connectivity index (χ0v) is 28.1. The van der Waals surface area contributed by atoms with E-state index >= 15 is 0 Å². The number of rotatable bonds is 3. The first-order valence-electron chi connectivity index (χ1n) is 18.0. The number of carbonyl (C=O) groups excluding carboxylic acids is 1. The van der Waals surface area contributed by atoms with E-state index in [-0.39, 0.29) is 39.2 Å². The second kappa shape index (κ2) is 9.94. The van der Waals surface area contributed by atoms with Gasteiger partial charge in [-0.3, -0.25) is 4.79 Å². The zero-order chi connectivity index (χ0) is 30.6. The van der Waals surface area contributed by atoms with Gasteiger partial charge in [-0.05, 0) is 153 Å². The van der Waals surface area contributed by atoms with E-state index in [1.807, 2.05) is 0 Å². The van der Waals surface area contributed by atoms with Crippen LogP contribution in [0.5, 0.6) is 0 Å². The highest BCUT2D eigenvalue weighted by atomic mass is 16.3. The minimum absolute atomic E-state index is 0.0138. The van der Waals surface area contributed by atoms with E-state index in [2.05, 4.69) is 77.7 Å². The summed E-state index contributed by atoms with van der Waals surface area (Å²) in [6.45, 7) is 19.5. The van der Waals surface area contributed by atoms with Crippen molar-refractivity contribution in [3.63, 3.8) is 0 Å². The number of carbonyl (C=O) groups is 1. The molecular weight excluding hydrogens is 526 g/mol. The summed E-state index contributed by atoms with van der Waals surface area (Å²) in [5.41, 5.74) is 4.58. The van der Waals surface area contributed by atoms with Crippen molar-refractivity contribution in [2.24, 2.45) is 56.7 Å². The van der Waals surface area contributed by atoms with Gasteiger partial charge in [0.1, 0.15) is 0 Å². The molecule has 6 aliphatic carbocycles. The summed E-state index contributed by atoms with van der Waals surface area (Å²) >= 11 is 0. The van der Waals surface area contributed by atoms with Gasteiger partial charge in [0, 0.05) is 0 Å². The van der Waals surface area contributed by atoms with E-state index < -0.39 is 0 Å². The van der Waals surface area contributed by atoms with Gasteiger partial charge in [-0.1, -0.05) is 71.0 Å². The van der Waals surface area contributed by atoms with Crippen LogP contribution in [0.3, 0.4) is 0 Å². The molecule has 0 radical (unpaired) electrons.